The van der Waals surface area contributed by atoms with Gasteiger partial charge in [-0.2, -0.15) is 5.26 Å². The molecule has 1 N–H and O–H groups in total. The summed E-state index contributed by atoms with van der Waals surface area (Å²) in [5.41, 5.74) is -0.884. The molecule has 1 amide bonds. The zero-order valence-corrected chi connectivity index (χ0v) is 12.8. The van der Waals surface area contributed by atoms with Crippen LogP contribution in [0.3, 0.4) is 0 Å². The Morgan fingerprint density at radius 1 is 1.50 bits per heavy atom. The molecule has 0 spiro atoms. The monoisotopic (exact) mass is 338 g/mol. The quantitative estimate of drug-likeness (QED) is 0.891. The molecule has 1 aliphatic carbocycles. The fraction of sp³-hybridized carbons (Fsp3) is 0.467. The Hall–Kier alpha value is -1.41. The summed E-state index contributed by atoms with van der Waals surface area (Å²) in [6.45, 7) is 2.14. The van der Waals surface area contributed by atoms with Gasteiger partial charge in [0.1, 0.15) is 11.4 Å². The van der Waals surface area contributed by atoms with Crippen LogP contribution in [0.5, 0.6) is 0 Å². The van der Waals surface area contributed by atoms with E-state index >= 15 is 0 Å². The predicted octanol–water partition coefficient (Wildman–Crippen LogP) is 3.79. The second kappa shape index (κ2) is 5.92. The van der Waals surface area contributed by atoms with Crippen LogP contribution >= 0.6 is 15.9 Å². The molecule has 3 nitrogen and oxygen atoms in total. The van der Waals surface area contributed by atoms with Gasteiger partial charge in [-0.05, 0) is 49.8 Å². The third-order valence-electron chi connectivity index (χ3n) is 3.87. The summed E-state index contributed by atoms with van der Waals surface area (Å²) in [6, 6.07) is 6.49. The SMILES string of the molecule is CC1CCC(C#N)(NC(=O)c2ccc(Br)cc2F)CC1. The average molecular weight is 339 g/mol. The summed E-state index contributed by atoms with van der Waals surface area (Å²) in [4.78, 5) is 12.2. The van der Waals surface area contributed by atoms with Crippen LogP contribution in [0.2, 0.25) is 0 Å². The van der Waals surface area contributed by atoms with Crippen LogP contribution in [-0.2, 0) is 0 Å². The maximum absolute atomic E-state index is 13.8. The van der Waals surface area contributed by atoms with E-state index in [1.807, 2.05) is 0 Å². The predicted molar refractivity (Wildman–Crippen MR) is 77.5 cm³/mol. The van der Waals surface area contributed by atoms with Crippen LogP contribution in [-0.4, -0.2) is 11.4 Å². The maximum atomic E-state index is 13.8. The first kappa shape index (κ1) is 15.0. The standard InChI is InChI=1S/C15H16BrFN2O/c1-10-4-6-15(9-18,7-5-10)19-14(20)12-3-2-11(16)8-13(12)17/h2-3,8,10H,4-7H2,1H3,(H,19,20). The van der Waals surface area contributed by atoms with Gasteiger partial charge in [-0.15, -0.1) is 0 Å². The van der Waals surface area contributed by atoms with E-state index in [9.17, 15) is 14.4 Å². The first-order chi connectivity index (χ1) is 9.46. The van der Waals surface area contributed by atoms with Crippen molar-refractivity contribution in [2.24, 2.45) is 5.92 Å². The molecule has 1 aromatic rings. The van der Waals surface area contributed by atoms with Gasteiger partial charge in [-0.3, -0.25) is 4.79 Å². The number of halogens is 2. The fourth-order valence-corrected chi connectivity index (χ4v) is 2.81. The molecule has 0 aliphatic heterocycles. The molecule has 1 saturated carbocycles. The molecule has 20 heavy (non-hydrogen) atoms. The summed E-state index contributed by atoms with van der Waals surface area (Å²) in [5.74, 6) is -0.543. The highest BCUT2D eigenvalue weighted by Crippen LogP contribution is 2.31. The third-order valence-corrected chi connectivity index (χ3v) is 4.36. The molecule has 0 atom stereocenters. The van der Waals surface area contributed by atoms with Gasteiger partial charge in [-0.1, -0.05) is 22.9 Å². The van der Waals surface area contributed by atoms with E-state index in [2.05, 4.69) is 34.2 Å². The Morgan fingerprint density at radius 2 is 2.15 bits per heavy atom. The fourth-order valence-electron chi connectivity index (χ4n) is 2.48. The van der Waals surface area contributed by atoms with Crippen molar-refractivity contribution in [3.05, 3.63) is 34.1 Å². The number of carbonyl (C=O) groups is 1. The number of nitrogens with one attached hydrogen (secondary N) is 1. The van der Waals surface area contributed by atoms with Crippen molar-refractivity contribution in [2.75, 3.05) is 0 Å². The van der Waals surface area contributed by atoms with E-state index in [0.29, 0.717) is 23.2 Å². The molecule has 1 fully saturated rings. The smallest absolute Gasteiger partial charge is 0.255 e. The van der Waals surface area contributed by atoms with E-state index < -0.39 is 17.3 Å². The van der Waals surface area contributed by atoms with E-state index in [1.165, 1.54) is 12.1 Å². The van der Waals surface area contributed by atoms with Gasteiger partial charge in [0.15, 0.2) is 0 Å². The second-order valence-electron chi connectivity index (χ2n) is 5.45. The first-order valence-corrected chi connectivity index (χ1v) is 7.44. The molecular weight excluding hydrogens is 323 g/mol. The van der Waals surface area contributed by atoms with Crippen molar-refractivity contribution in [1.29, 1.82) is 5.26 Å². The van der Waals surface area contributed by atoms with E-state index in [1.54, 1.807) is 6.07 Å². The van der Waals surface area contributed by atoms with Crippen LogP contribution in [0, 0.1) is 23.1 Å². The minimum absolute atomic E-state index is 0.0264. The van der Waals surface area contributed by atoms with Gasteiger partial charge in [0.05, 0.1) is 11.6 Å². The molecule has 0 aromatic heterocycles. The summed E-state index contributed by atoms with van der Waals surface area (Å²) in [7, 11) is 0. The highest BCUT2D eigenvalue weighted by molar-refractivity contribution is 9.10. The summed E-state index contributed by atoms with van der Waals surface area (Å²) in [6.07, 6.45) is 3.04. The summed E-state index contributed by atoms with van der Waals surface area (Å²) < 4.78 is 14.3. The van der Waals surface area contributed by atoms with E-state index in [-0.39, 0.29) is 5.56 Å². The molecule has 5 heteroatoms. The van der Waals surface area contributed by atoms with Crippen molar-refractivity contribution in [1.82, 2.24) is 5.32 Å². The summed E-state index contributed by atoms with van der Waals surface area (Å²) in [5, 5.41) is 12.1. The van der Waals surface area contributed by atoms with Crippen LogP contribution in [0.15, 0.2) is 22.7 Å². The van der Waals surface area contributed by atoms with E-state index in [0.717, 1.165) is 12.8 Å². The van der Waals surface area contributed by atoms with Crippen LogP contribution in [0.1, 0.15) is 43.0 Å². The molecule has 1 aromatic carbocycles. The van der Waals surface area contributed by atoms with Crippen LogP contribution < -0.4 is 5.32 Å². The molecular formula is C15H16BrFN2O. The lowest BCUT2D eigenvalue weighted by Crippen LogP contribution is -2.49. The lowest BCUT2D eigenvalue weighted by Gasteiger charge is -2.34. The minimum Gasteiger partial charge on any atom is -0.334 e. The number of benzene rings is 1. The largest absolute Gasteiger partial charge is 0.334 e. The van der Waals surface area contributed by atoms with Crippen LogP contribution in [0.4, 0.5) is 4.39 Å². The molecule has 2 rings (SSSR count). The zero-order chi connectivity index (χ0) is 14.8. The van der Waals surface area contributed by atoms with Gasteiger partial charge in [0, 0.05) is 4.47 Å². The molecule has 0 bridgehead atoms. The Bertz CT molecular complexity index is 559. The normalized spacial score (nSPS) is 25.8. The molecule has 0 unspecified atom stereocenters. The number of carbonyl (C=O) groups excluding carboxylic acids is 1. The Balaban J connectivity index is 2.16. The Kier molecular flexibility index (Phi) is 4.44. The molecule has 0 radical (unpaired) electrons. The van der Waals surface area contributed by atoms with Crippen molar-refractivity contribution in [3.63, 3.8) is 0 Å². The van der Waals surface area contributed by atoms with E-state index in [4.69, 9.17) is 0 Å². The van der Waals surface area contributed by atoms with Crippen LogP contribution in [0.25, 0.3) is 0 Å². The van der Waals surface area contributed by atoms with Gasteiger partial charge in [-0.25, -0.2) is 4.39 Å². The Labute approximate surface area is 126 Å². The van der Waals surface area contributed by atoms with Crippen molar-refractivity contribution < 1.29 is 9.18 Å². The molecule has 0 heterocycles. The third kappa shape index (κ3) is 3.18. The first-order valence-electron chi connectivity index (χ1n) is 6.64. The second-order valence-corrected chi connectivity index (χ2v) is 6.37. The molecule has 106 valence electrons. The maximum Gasteiger partial charge on any atom is 0.255 e. The number of rotatable bonds is 2. The summed E-state index contributed by atoms with van der Waals surface area (Å²) >= 11 is 3.15. The lowest BCUT2D eigenvalue weighted by atomic mass is 9.78. The number of hydrogen-bond donors (Lipinski definition) is 1. The Morgan fingerprint density at radius 3 is 2.70 bits per heavy atom. The lowest BCUT2D eigenvalue weighted by molar-refractivity contribution is 0.0889. The number of hydrogen-bond acceptors (Lipinski definition) is 2. The minimum atomic E-state index is -0.858. The van der Waals surface area contributed by atoms with Crippen molar-refractivity contribution in [2.45, 2.75) is 38.1 Å². The number of nitrogens with zero attached hydrogens (tertiary/aromatic N) is 1. The average Bonchev–Trinajstić information content (AvgIpc) is 2.41. The molecule has 0 saturated heterocycles. The highest BCUT2D eigenvalue weighted by Gasteiger charge is 2.36. The van der Waals surface area contributed by atoms with Gasteiger partial charge in [0.25, 0.3) is 5.91 Å². The number of nitriles is 1. The topological polar surface area (TPSA) is 52.9 Å². The molecule has 1 aliphatic rings. The van der Waals surface area contributed by atoms with Gasteiger partial charge < -0.3 is 5.32 Å². The van der Waals surface area contributed by atoms with Crippen molar-refractivity contribution >= 4 is 21.8 Å². The number of amides is 1. The van der Waals surface area contributed by atoms with Crippen molar-refractivity contribution in [3.8, 4) is 6.07 Å². The van der Waals surface area contributed by atoms with Gasteiger partial charge >= 0.3 is 0 Å². The highest BCUT2D eigenvalue weighted by atomic mass is 79.9. The van der Waals surface area contributed by atoms with Gasteiger partial charge in [0.2, 0.25) is 0 Å². The zero-order valence-electron chi connectivity index (χ0n) is 11.2.